The Balaban J connectivity index is 1.64. The molecule has 1 fully saturated rings. The normalized spacial score (nSPS) is 16.1. The van der Waals surface area contributed by atoms with Gasteiger partial charge in [0.1, 0.15) is 12.3 Å². The van der Waals surface area contributed by atoms with Crippen LogP contribution in [0, 0.1) is 0 Å². The zero-order chi connectivity index (χ0) is 21.5. The molecule has 7 nitrogen and oxygen atoms in total. The van der Waals surface area contributed by atoms with Crippen LogP contribution in [0.5, 0.6) is 5.75 Å². The topological polar surface area (TPSA) is 95.9 Å². The third kappa shape index (κ3) is 5.28. The fraction of sp³-hybridized carbons (Fsp3) is 0.227. The molecule has 3 rings (SSSR count). The van der Waals surface area contributed by atoms with E-state index in [4.69, 9.17) is 4.74 Å². The lowest BCUT2D eigenvalue weighted by Crippen LogP contribution is -2.45. The van der Waals surface area contributed by atoms with E-state index in [2.05, 4.69) is 5.32 Å². The Labute approximate surface area is 178 Å². The number of carbonyl (C=O) groups is 3. The van der Waals surface area contributed by atoms with E-state index in [0.717, 1.165) is 22.2 Å². The molecular formula is C22H22N2O5S. The molecule has 2 aromatic carbocycles. The molecule has 1 atom stereocenters. The minimum absolute atomic E-state index is 0.222. The van der Waals surface area contributed by atoms with Crippen LogP contribution in [-0.4, -0.2) is 53.4 Å². The maximum atomic E-state index is 12.6. The van der Waals surface area contributed by atoms with E-state index >= 15 is 0 Å². The number of hydrogen-bond acceptors (Lipinski definition) is 6. The van der Waals surface area contributed by atoms with Gasteiger partial charge in [-0.2, -0.15) is 0 Å². The summed E-state index contributed by atoms with van der Waals surface area (Å²) < 4.78 is 5.26. The predicted molar refractivity (Wildman–Crippen MR) is 115 cm³/mol. The number of nitrogens with one attached hydrogen (secondary N) is 1. The van der Waals surface area contributed by atoms with Crippen LogP contribution in [0.25, 0.3) is 6.08 Å². The first-order valence-corrected chi connectivity index (χ1v) is 10.2. The second-order valence-electron chi connectivity index (χ2n) is 6.65. The Bertz CT molecular complexity index is 961. The number of para-hydroxylation sites is 1. The number of aliphatic hydroxyl groups is 1. The van der Waals surface area contributed by atoms with Crippen molar-refractivity contribution in [1.29, 1.82) is 0 Å². The largest absolute Gasteiger partial charge is 0.496 e. The van der Waals surface area contributed by atoms with Crippen molar-refractivity contribution in [3.05, 3.63) is 70.6 Å². The summed E-state index contributed by atoms with van der Waals surface area (Å²) in [7, 11) is 1.52. The molecule has 1 aliphatic heterocycles. The smallest absolute Gasteiger partial charge is 0.294 e. The monoisotopic (exact) mass is 426 g/mol. The van der Waals surface area contributed by atoms with Crippen LogP contribution in [0.3, 0.4) is 0 Å². The number of carbonyl (C=O) groups excluding carboxylic acids is 3. The van der Waals surface area contributed by atoms with E-state index in [1.54, 1.807) is 30.3 Å². The zero-order valence-electron chi connectivity index (χ0n) is 16.4. The molecule has 0 bridgehead atoms. The first-order valence-electron chi connectivity index (χ1n) is 9.34. The molecule has 2 aromatic rings. The van der Waals surface area contributed by atoms with Gasteiger partial charge in [-0.15, -0.1) is 0 Å². The fourth-order valence-electron chi connectivity index (χ4n) is 3.04. The van der Waals surface area contributed by atoms with Crippen molar-refractivity contribution in [1.82, 2.24) is 10.2 Å². The van der Waals surface area contributed by atoms with Gasteiger partial charge in [0.15, 0.2) is 0 Å². The van der Waals surface area contributed by atoms with Crippen molar-refractivity contribution < 1.29 is 24.2 Å². The molecule has 30 heavy (non-hydrogen) atoms. The van der Waals surface area contributed by atoms with E-state index in [0.29, 0.717) is 17.7 Å². The average Bonchev–Trinajstić information content (AvgIpc) is 3.01. The van der Waals surface area contributed by atoms with Gasteiger partial charge in [-0.3, -0.25) is 19.3 Å². The lowest BCUT2D eigenvalue weighted by molar-refractivity contribution is -0.129. The van der Waals surface area contributed by atoms with Crippen LogP contribution < -0.4 is 10.1 Å². The second-order valence-corrected chi connectivity index (χ2v) is 7.64. The lowest BCUT2D eigenvalue weighted by atomic mass is 10.1. The Morgan fingerprint density at radius 3 is 2.57 bits per heavy atom. The molecule has 156 valence electrons. The van der Waals surface area contributed by atoms with E-state index in [-0.39, 0.29) is 11.5 Å². The SMILES string of the molecule is COc1ccccc1C=C1SC(=O)N(CC(=O)N[C@@H](CO)Cc2ccccc2)C1=O. The van der Waals surface area contributed by atoms with Crippen molar-refractivity contribution in [2.75, 3.05) is 20.3 Å². The molecule has 1 aliphatic rings. The van der Waals surface area contributed by atoms with Gasteiger partial charge >= 0.3 is 0 Å². The number of imide groups is 1. The van der Waals surface area contributed by atoms with Gasteiger partial charge in [-0.25, -0.2) is 0 Å². The zero-order valence-corrected chi connectivity index (χ0v) is 17.2. The minimum Gasteiger partial charge on any atom is -0.496 e. The minimum atomic E-state index is -0.533. The molecule has 3 amide bonds. The van der Waals surface area contributed by atoms with Crippen molar-refractivity contribution in [3.63, 3.8) is 0 Å². The van der Waals surface area contributed by atoms with E-state index in [1.165, 1.54) is 7.11 Å². The Hall–Kier alpha value is -3.10. The molecule has 1 saturated heterocycles. The first kappa shape index (κ1) is 21.6. The standard InChI is InChI=1S/C22H22N2O5S/c1-29-18-10-6-5-9-16(18)12-19-21(27)24(22(28)30-19)13-20(26)23-17(14-25)11-15-7-3-2-4-8-15/h2-10,12,17,25H,11,13-14H2,1H3,(H,23,26)/t17-/m1/s1. The summed E-state index contributed by atoms with van der Waals surface area (Å²) in [6.45, 7) is -0.657. The van der Waals surface area contributed by atoms with Gasteiger partial charge in [0.05, 0.1) is 24.7 Å². The summed E-state index contributed by atoms with van der Waals surface area (Å²) >= 11 is 0.779. The molecule has 0 spiro atoms. The maximum Gasteiger partial charge on any atom is 0.294 e. The second kappa shape index (κ2) is 10.1. The first-order chi connectivity index (χ1) is 14.5. The molecular weight excluding hydrogens is 404 g/mol. The van der Waals surface area contributed by atoms with Crippen molar-refractivity contribution >= 4 is 34.9 Å². The lowest BCUT2D eigenvalue weighted by Gasteiger charge is -2.18. The van der Waals surface area contributed by atoms with Gasteiger partial charge in [-0.05, 0) is 35.9 Å². The molecule has 1 heterocycles. The summed E-state index contributed by atoms with van der Waals surface area (Å²) in [5.74, 6) is -0.464. The summed E-state index contributed by atoms with van der Waals surface area (Å²) in [5, 5.41) is 11.7. The quantitative estimate of drug-likeness (QED) is 0.630. The number of aliphatic hydroxyl groups excluding tert-OH is 1. The summed E-state index contributed by atoms with van der Waals surface area (Å²) in [6, 6.07) is 16.0. The Kier molecular flexibility index (Phi) is 7.26. The maximum absolute atomic E-state index is 12.6. The van der Waals surface area contributed by atoms with Crippen LogP contribution in [0.2, 0.25) is 0 Å². The predicted octanol–water partition coefficient (Wildman–Crippen LogP) is 2.45. The van der Waals surface area contributed by atoms with Crippen molar-refractivity contribution in [2.45, 2.75) is 12.5 Å². The number of methoxy groups -OCH3 is 1. The summed E-state index contributed by atoms with van der Waals surface area (Å²) in [4.78, 5) is 38.5. The average molecular weight is 426 g/mol. The van der Waals surface area contributed by atoms with Crippen molar-refractivity contribution in [3.8, 4) is 5.75 Å². The van der Waals surface area contributed by atoms with E-state index < -0.39 is 29.6 Å². The molecule has 0 unspecified atom stereocenters. The number of rotatable bonds is 8. The number of ether oxygens (including phenoxy) is 1. The molecule has 0 aromatic heterocycles. The van der Waals surface area contributed by atoms with Gasteiger partial charge < -0.3 is 15.2 Å². The van der Waals surface area contributed by atoms with Gasteiger partial charge in [0.25, 0.3) is 11.1 Å². The molecule has 2 N–H and O–H groups in total. The fourth-order valence-corrected chi connectivity index (χ4v) is 3.87. The van der Waals surface area contributed by atoms with Gasteiger partial charge in [0, 0.05) is 5.56 Å². The summed E-state index contributed by atoms with van der Waals surface area (Å²) in [5.41, 5.74) is 1.63. The number of nitrogens with zero attached hydrogens (tertiary/aromatic N) is 1. The Morgan fingerprint density at radius 1 is 1.17 bits per heavy atom. The van der Waals surface area contributed by atoms with Crippen LogP contribution in [0.1, 0.15) is 11.1 Å². The summed E-state index contributed by atoms with van der Waals surface area (Å²) in [6.07, 6.45) is 2.02. The van der Waals surface area contributed by atoms with Gasteiger partial charge in [-0.1, -0.05) is 48.5 Å². The highest BCUT2D eigenvalue weighted by Gasteiger charge is 2.36. The number of hydrogen-bond donors (Lipinski definition) is 2. The number of thioether (sulfide) groups is 1. The highest BCUT2D eigenvalue weighted by Crippen LogP contribution is 2.33. The molecule has 0 aliphatic carbocycles. The molecule has 8 heteroatoms. The highest BCUT2D eigenvalue weighted by molar-refractivity contribution is 8.18. The number of benzene rings is 2. The molecule has 0 saturated carbocycles. The molecule has 0 radical (unpaired) electrons. The van der Waals surface area contributed by atoms with Crippen LogP contribution >= 0.6 is 11.8 Å². The van der Waals surface area contributed by atoms with Gasteiger partial charge in [0.2, 0.25) is 5.91 Å². The number of amides is 3. The Morgan fingerprint density at radius 2 is 1.87 bits per heavy atom. The van der Waals surface area contributed by atoms with Crippen LogP contribution in [0.15, 0.2) is 59.5 Å². The third-order valence-electron chi connectivity index (χ3n) is 4.51. The van der Waals surface area contributed by atoms with E-state index in [9.17, 15) is 19.5 Å². The van der Waals surface area contributed by atoms with Crippen LogP contribution in [-0.2, 0) is 16.0 Å². The highest BCUT2D eigenvalue weighted by atomic mass is 32.2. The third-order valence-corrected chi connectivity index (χ3v) is 5.42. The van der Waals surface area contributed by atoms with Crippen LogP contribution in [0.4, 0.5) is 4.79 Å². The van der Waals surface area contributed by atoms with E-state index in [1.807, 2.05) is 30.3 Å². The van der Waals surface area contributed by atoms with Crippen molar-refractivity contribution in [2.24, 2.45) is 0 Å².